The Hall–Kier alpha value is -3.55. The fourth-order valence-corrected chi connectivity index (χ4v) is 4.05. The molecule has 1 saturated carbocycles. The zero-order chi connectivity index (χ0) is 25.2. The van der Waals surface area contributed by atoms with Crippen molar-refractivity contribution in [1.29, 1.82) is 0 Å². The van der Waals surface area contributed by atoms with Gasteiger partial charge in [-0.05, 0) is 63.8 Å². The standard InChI is InChI=1S/C27H30FN3O4/c1-5-34-26-30-24(17-10-11-17)23(15-29-33)31(26)16-19-13-12-18(14-22(19)28)20-8-6-7-9-21(20)25(32)35-27(2,3)4/h6-9,12-14,17H,5,10-11,15-16H2,1-4H3. The fraction of sp³-hybridized carbons (Fsp3) is 0.407. The maximum absolute atomic E-state index is 15.4. The van der Waals surface area contributed by atoms with E-state index in [1.165, 1.54) is 6.07 Å². The Bertz CT molecular complexity index is 1240. The molecule has 8 heteroatoms. The van der Waals surface area contributed by atoms with Crippen LogP contribution in [0.2, 0.25) is 0 Å². The summed E-state index contributed by atoms with van der Waals surface area (Å²) >= 11 is 0. The summed E-state index contributed by atoms with van der Waals surface area (Å²) in [5.74, 6) is -0.602. The number of hydrogen-bond acceptors (Lipinski definition) is 6. The van der Waals surface area contributed by atoms with E-state index in [-0.39, 0.29) is 13.1 Å². The van der Waals surface area contributed by atoms with Crippen LogP contribution in [0, 0.1) is 10.7 Å². The van der Waals surface area contributed by atoms with Gasteiger partial charge in [-0.3, -0.25) is 4.57 Å². The Kier molecular flexibility index (Phi) is 7.00. The lowest BCUT2D eigenvalue weighted by molar-refractivity contribution is 0.00704. The van der Waals surface area contributed by atoms with Crippen LogP contribution in [-0.2, 0) is 17.8 Å². The number of carbonyl (C=O) groups is 1. The molecule has 1 aromatic heterocycles. The summed E-state index contributed by atoms with van der Waals surface area (Å²) in [4.78, 5) is 28.5. The van der Waals surface area contributed by atoms with Crippen LogP contribution in [0.5, 0.6) is 6.01 Å². The number of hydrogen-bond donors (Lipinski definition) is 0. The van der Waals surface area contributed by atoms with E-state index in [1.807, 2.05) is 6.92 Å². The molecule has 0 N–H and O–H groups in total. The Balaban J connectivity index is 1.67. The SMILES string of the molecule is CCOc1nc(C2CC2)c(CN=O)n1Cc1ccc(-c2ccccc2C(=O)OC(C)(C)C)cc1F. The summed E-state index contributed by atoms with van der Waals surface area (Å²) in [6, 6.07) is 12.2. The van der Waals surface area contributed by atoms with Crippen LogP contribution in [0.15, 0.2) is 47.6 Å². The normalized spacial score (nSPS) is 13.5. The number of nitrogens with zero attached hydrogens (tertiary/aromatic N) is 3. The predicted molar refractivity (Wildman–Crippen MR) is 131 cm³/mol. The summed E-state index contributed by atoms with van der Waals surface area (Å²) in [7, 11) is 0. The molecule has 0 amide bonds. The first-order chi connectivity index (χ1) is 16.7. The number of esters is 1. The molecule has 1 aliphatic carbocycles. The average Bonchev–Trinajstić information content (AvgIpc) is 3.59. The first kappa shape index (κ1) is 24.6. The highest BCUT2D eigenvalue weighted by molar-refractivity contribution is 5.97. The second kappa shape index (κ2) is 9.98. The second-order valence-corrected chi connectivity index (χ2v) is 9.66. The minimum absolute atomic E-state index is 0.0468. The number of halogens is 1. The number of aromatic nitrogens is 2. The van der Waals surface area contributed by atoms with Gasteiger partial charge < -0.3 is 9.47 Å². The first-order valence-electron chi connectivity index (χ1n) is 11.8. The Morgan fingerprint density at radius 2 is 1.94 bits per heavy atom. The van der Waals surface area contributed by atoms with Gasteiger partial charge in [0.05, 0.1) is 30.1 Å². The van der Waals surface area contributed by atoms with E-state index in [2.05, 4.69) is 10.2 Å². The summed E-state index contributed by atoms with van der Waals surface area (Å²) in [6.45, 7) is 7.77. The van der Waals surface area contributed by atoms with Gasteiger partial charge in [-0.2, -0.15) is 9.89 Å². The van der Waals surface area contributed by atoms with E-state index < -0.39 is 17.4 Å². The van der Waals surface area contributed by atoms with Crippen molar-refractivity contribution in [3.63, 3.8) is 0 Å². The molecule has 1 heterocycles. The number of nitroso groups, excluding NO2 is 1. The Morgan fingerprint density at radius 3 is 2.57 bits per heavy atom. The van der Waals surface area contributed by atoms with Gasteiger partial charge in [-0.15, -0.1) is 0 Å². The number of carbonyl (C=O) groups excluding carboxylic acids is 1. The highest BCUT2D eigenvalue weighted by Crippen LogP contribution is 2.43. The van der Waals surface area contributed by atoms with Crippen LogP contribution in [0.1, 0.15) is 73.8 Å². The smallest absolute Gasteiger partial charge is 0.339 e. The van der Waals surface area contributed by atoms with Crippen molar-refractivity contribution >= 4 is 5.97 Å². The van der Waals surface area contributed by atoms with E-state index in [1.54, 1.807) is 61.7 Å². The number of imidazole rings is 1. The molecule has 0 aliphatic heterocycles. The van der Waals surface area contributed by atoms with Gasteiger partial charge in [0.15, 0.2) is 0 Å². The third kappa shape index (κ3) is 5.58. The molecule has 0 radical (unpaired) electrons. The third-order valence-corrected chi connectivity index (χ3v) is 5.76. The van der Waals surface area contributed by atoms with Gasteiger partial charge in [-0.1, -0.05) is 35.5 Å². The first-order valence-corrected chi connectivity index (χ1v) is 11.8. The number of benzene rings is 2. The zero-order valence-corrected chi connectivity index (χ0v) is 20.5. The van der Waals surface area contributed by atoms with Crippen LogP contribution in [0.4, 0.5) is 4.39 Å². The van der Waals surface area contributed by atoms with Gasteiger partial charge in [0.25, 0.3) is 6.01 Å². The van der Waals surface area contributed by atoms with Crippen LogP contribution in [-0.4, -0.2) is 27.7 Å². The van der Waals surface area contributed by atoms with Crippen molar-refractivity contribution in [3.8, 4) is 17.1 Å². The molecule has 35 heavy (non-hydrogen) atoms. The maximum Gasteiger partial charge on any atom is 0.339 e. The highest BCUT2D eigenvalue weighted by Gasteiger charge is 2.32. The van der Waals surface area contributed by atoms with Crippen molar-refractivity contribution in [2.45, 2.75) is 65.1 Å². The van der Waals surface area contributed by atoms with Crippen LogP contribution < -0.4 is 4.74 Å². The molecule has 4 rings (SSSR count). The molecule has 0 saturated heterocycles. The van der Waals surface area contributed by atoms with Crippen LogP contribution >= 0.6 is 0 Å². The molecular formula is C27H30FN3O4. The minimum atomic E-state index is -0.643. The molecule has 0 bridgehead atoms. The van der Waals surface area contributed by atoms with E-state index in [4.69, 9.17) is 9.47 Å². The fourth-order valence-electron chi connectivity index (χ4n) is 4.05. The van der Waals surface area contributed by atoms with Crippen molar-refractivity contribution < 1.29 is 18.7 Å². The van der Waals surface area contributed by atoms with Gasteiger partial charge in [0, 0.05) is 11.5 Å². The monoisotopic (exact) mass is 479 g/mol. The van der Waals surface area contributed by atoms with Crippen molar-refractivity contribution in [1.82, 2.24) is 9.55 Å². The van der Waals surface area contributed by atoms with E-state index in [9.17, 15) is 9.70 Å². The maximum atomic E-state index is 15.4. The van der Waals surface area contributed by atoms with Crippen molar-refractivity contribution in [2.75, 3.05) is 6.61 Å². The second-order valence-electron chi connectivity index (χ2n) is 9.66. The van der Waals surface area contributed by atoms with Crippen molar-refractivity contribution in [2.24, 2.45) is 5.18 Å². The average molecular weight is 480 g/mol. The molecule has 1 fully saturated rings. The molecule has 1 aliphatic rings. The lowest BCUT2D eigenvalue weighted by Crippen LogP contribution is -2.24. The Labute approximate surface area is 204 Å². The third-order valence-electron chi connectivity index (χ3n) is 5.76. The molecule has 3 aromatic rings. The van der Waals surface area contributed by atoms with Gasteiger partial charge in [0.1, 0.15) is 18.0 Å². The number of rotatable bonds is 9. The molecule has 7 nitrogen and oxygen atoms in total. The molecule has 0 unspecified atom stereocenters. The predicted octanol–water partition coefficient (Wildman–Crippen LogP) is 6.24. The summed E-state index contributed by atoms with van der Waals surface area (Å²) in [6.07, 6.45) is 2.02. The highest BCUT2D eigenvalue weighted by atomic mass is 19.1. The summed E-state index contributed by atoms with van der Waals surface area (Å²) < 4.78 is 28.3. The van der Waals surface area contributed by atoms with Gasteiger partial charge in [0.2, 0.25) is 0 Å². The molecular weight excluding hydrogens is 449 g/mol. The zero-order valence-electron chi connectivity index (χ0n) is 20.5. The minimum Gasteiger partial charge on any atom is -0.465 e. The largest absolute Gasteiger partial charge is 0.465 e. The van der Waals surface area contributed by atoms with Gasteiger partial charge in [-0.25, -0.2) is 9.18 Å². The quantitative estimate of drug-likeness (QED) is 0.268. The molecule has 0 atom stereocenters. The van der Waals surface area contributed by atoms with Crippen LogP contribution in [0.3, 0.4) is 0 Å². The van der Waals surface area contributed by atoms with E-state index in [0.717, 1.165) is 18.5 Å². The van der Waals surface area contributed by atoms with E-state index in [0.29, 0.717) is 46.5 Å². The van der Waals surface area contributed by atoms with E-state index >= 15 is 4.39 Å². The molecule has 0 spiro atoms. The van der Waals surface area contributed by atoms with Crippen LogP contribution in [0.25, 0.3) is 11.1 Å². The number of ether oxygens (including phenoxy) is 2. The Morgan fingerprint density at radius 1 is 1.20 bits per heavy atom. The topological polar surface area (TPSA) is 82.8 Å². The summed E-state index contributed by atoms with van der Waals surface area (Å²) in [5, 5.41) is 3.08. The molecule has 2 aromatic carbocycles. The lowest BCUT2D eigenvalue weighted by atomic mass is 9.98. The molecule has 184 valence electrons. The van der Waals surface area contributed by atoms with Crippen molar-refractivity contribution in [3.05, 3.63) is 75.7 Å². The summed E-state index contributed by atoms with van der Waals surface area (Å²) in [5.41, 5.74) is 2.78. The lowest BCUT2D eigenvalue weighted by Gasteiger charge is -2.20. The van der Waals surface area contributed by atoms with Gasteiger partial charge >= 0.3 is 5.97 Å².